The van der Waals surface area contributed by atoms with Crippen LogP contribution >= 0.6 is 0 Å². The summed E-state index contributed by atoms with van der Waals surface area (Å²) in [6.07, 6.45) is 16.9. The highest BCUT2D eigenvalue weighted by Gasteiger charge is 2.16. The lowest BCUT2D eigenvalue weighted by Crippen LogP contribution is -2.10. The number of aromatic hydroxyl groups is 1. The van der Waals surface area contributed by atoms with Gasteiger partial charge in [0.2, 0.25) is 0 Å². The number of aliphatic hydroxyl groups is 1. The van der Waals surface area contributed by atoms with Crippen LogP contribution in [0.3, 0.4) is 0 Å². The molecule has 0 unspecified atom stereocenters. The van der Waals surface area contributed by atoms with Crippen LogP contribution in [-0.4, -0.2) is 42.4 Å². The number of aromatic amines is 2. The van der Waals surface area contributed by atoms with Gasteiger partial charge < -0.3 is 24.9 Å². The third-order valence-electron chi connectivity index (χ3n) is 5.69. The van der Waals surface area contributed by atoms with E-state index in [0.29, 0.717) is 6.10 Å². The van der Waals surface area contributed by atoms with Crippen molar-refractivity contribution in [1.29, 1.82) is 0 Å². The molecule has 0 aromatic carbocycles. The van der Waals surface area contributed by atoms with E-state index in [0.717, 1.165) is 40.7 Å². The Kier molecular flexibility index (Phi) is 8.50. The van der Waals surface area contributed by atoms with Crippen molar-refractivity contribution in [3.8, 4) is 11.5 Å². The van der Waals surface area contributed by atoms with Crippen LogP contribution in [0.15, 0.2) is 49.1 Å². The van der Waals surface area contributed by atoms with Crippen molar-refractivity contribution in [2.75, 3.05) is 0 Å². The van der Waals surface area contributed by atoms with Gasteiger partial charge in [-0.2, -0.15) is 0 Å². The van der Waals surface area contributed by atoms with Gasteiger partial charge in [-0.15, -0.1) is 0 Å². The minimum absolute atomic E-state index is 0. The van der Waals surface area contributed by atoms with Gasteiger partial charge in [-0.1, -0.05) is 20.3 Å². The summed E-state index contributed by atoms with van der Waals surface area (Å²) < 4.78 is 5.88. The summed E-state index contributed by atoms with van der Waals surface area (Å²) in [7, 11) is 0. The predicted octanol–water partition coefficient (Wildman–Crippen LogP) is 5.71. The number of H-pyrrole nitrogens is 2. The second-order valence-corrected chi connectivity index (χ2v) is 8.16. The molecule has 4 N–H and O–H groups in total. The first-order valence-electron chi connectivity index (χ1n) is 11.1. The lowest BCUT2D eigenvalue weighted by molar-refractivity contribution is 0.183. The monoisotopic (exact) mass is 438 g/mol. The van der Waals surface area contributed by atoms with E-state index in [1.54, 1.807) is 18.5 Å². The van der Waals surface area contributed by atoms with E-state index in [2.05, 4.69) is 26.0 Å². The van der Waals surface area contributed by atoms with E-state index >= 15 is 0 Å². The molecule has 2 aliphatic rings. The van der Waals surface area contributed by atoms with E-state index in [1.807, 2.05) is 18.3 Å². The molecular formula is C25H34N4O3. The normalized spacial score (nSPS) is 16.2. The number of hydrogen-bond donors (Lipinski definition) is 4. The molecule has 0 aliphatic heterocycles. The molecule has 4 aromatic heterocycles. The van der Waals surface area contributed by atoms with Crippen LogP contribution in [0.2, 0.25) is 0 Å². The summed E-state index contributed by atoms with van der Waals surface area (Å²) in [6.45, 7) is 0. The summed E-state index contributed by atoms with van der Waals surface area (Å²) >= 11 is 0. The van der Waals surface area contributed by atoms with Gasteiger partial charge in [0.15, 0.2) is 0 Å². The van der Waals surface area contributed by atoms with E-state index in [9.17, 15) is 0 Å². The number of pyridine rings is 2. The van der Waals surface area contributed by atoms with Crippen molar-refractivity contribution in [2.24, 2.45) is 0 Å². The Morgan fingerprint density at radius 1 is 0.812 bits per heavy atom. The maximum Gasteiger partial charge on any atom is 0.138 e. The quantitative estimate of drug-likeness (QED) is 0.321. The highest BCUT2D eigenvalue weighted by atomic mass is 16.5. The van der Waals surface area contributed by atoms with Gasteiger partial charge in [-0.3, -0.25) is 0 Å². The Balaban J connectivity index is 0.000000147. The van der Waals surface area contributed by atoms with Crippen molar-refractivity contribution in [1.82, 2.24) is 19.9 Å². The summed E-state index contributed by atoms with van der Waals surface area (Å²) in [5.41, 5.74) is 1.73. The smallest absolute Gasteiger partial charge is 0.138 e. The average molecular weight is 439 g/mol. The largest absolute Gasteiger partial charge is 0.506 e. The van der Waals surface area contributed by atoms with E-state index in [4.69, 9.17) is 14.9 Å². The van der Waals surface area contributed by atoms with Crippen LogP contribution in [0.5, 0.6) is 11.5 Å². The lowest BCUT2D eigenvalue weighted by Gasteiger charge is -2.12. The van der Waals surface area contributed by atoms with Crippen molar-refractivity contribution in [2.45, 2.75) is 71.0 Å². The maximum absolute atomic E-state index is 8.97. The first-order valence-corrected chi connectivity index (χ1v) is 11.1. The SMILES string of the molecule is C.OC1CCCC1.Oc1cnc2[nH]ccc2c1.c1cc2cc(OC3CCCC3)cnc2[nH]1. The Morgan fingerprint density at radius 3 is 1.97 bits per heavy atom. The number of rotatable bonds is 2. The van der Waals surface area contributed by atoms with Gasteiger partial charge in [0.25, 0.3) is 0 Å². The summed E-state index contributed by atoms with van der Waals surface area (Å²) in [5.74, 6) is 1.10. The molecule has 6 rings (SSSR count). The number of aromatic nitrogens is 4. The van der Waals surface area contributed by atoms with Gasteiger partial charge >= 0.3 is 0 Å². The van der Waals surface area contributed by atoms with Crippen LogP contribution in [-0.2, 0) is 0 Å². The summed E-state index contributed by atoms with van der Waals surface area (Å²) in [6, 6.07) is 7.60. The zero-order valence-electron chi connectivity index (χ0n) is 17.6. The molecule has 32 heavy (non-hydrogen) atoms. The van der Waals surface area contributed by atoms with Crippen molar-refractivity contribution >= 4 is 22.1 Å². The molecule has 172 valence electrons. The van der Waals surface area contributed by atoms with Crippen molar-refractivity contribution < 1.29 is 14.9 Å². The van der Waals surface area contributed by atoms with E-state index in [-0.39, 0.29) is 19.3 Å². The third-order valence-corrected chi connectivity index (χ3v) is 5.69. The summed E-state index contributed by atoms with van der Waals surface area (Å²) in [5, 5.41) is 19.7. The maximum atomic E-state index is 8.97. The summed E-state index contributed by atoms with van der Waals surface area (Å²) in [4.78, 5) is 14.2. The molecule has 2 aliphatic carbocycles. The highest BCUT2D eigenvalue weighted by molar-refractivity contribution is 5.77. The second kappa shape index (κ2) is 11.5. The Bertz CT molecular complexity index is 1080. The number of aliphatic hydroxyl groups excluding tert-OH is 1. The Hall–Kier alpha value is -3.06. The molecule has 0 spiro atoms. The van der Waals surface area contributed by atoms with Crippen LogP contribution in [0.4, 0.5) is 0 Å². The number of nitrogens with zero attached hydrogens (tertiary/aromatic N) is 2. The molecule has 0 radical (unpaired) electrons. The van der Waals surface area contributed by atoms with Gasteiger partial charge in [-0.25, -0.2) is 9.97 Å². The van der Waals surface area contributed by atoms with Crippen molar-refractivity contribution in [3.63, 3.8) is 0 Å². The average Bonchev–Trinajstić information content (AvgIpc) is 3.57. The first kappa shape index (κ1) is 23.6. The lowest BCUT2D eigenvalue weighted by atomic mass is 10.3. The molecular weight excluding hydrogens is 404 g/mol. The van der Waals surface area contributed by atoms with Gasteiger partial charge in [0, 0.05) is 23.2 Å². The zero-order valence-corrected chi connectivity index (χ0v) is 17.6. The fraction of sp³-hybridized carbons (Fsp3) is 0.440. The third kappa shape index (κ3) is 6.47. The number of hydrogen-bond acceptors (Lipinski definition) is 5. The number of fused-ring (bicyclic) bond motifs is 2. The predicted molar refractivity (Wildman–Crippen MR) is 128 cm³/mol. The molecule has 7 nitrogen and oxygen atoms in total. The Labute approximate surface area is 188 Å². The van der Waals surface area contributed by atoms with Crippen LogP contribution < -0.4 is 4.74 Å². The molecule has 0 saturated heterocycles. The van der Waals surface area contributed by atoms with Crippen LogP contribution in [0, 0.1) is 0 Å². The zero-order chi connectivity index (χ0) is 21.5. The molecule has 4 aromatic rings. The van der Waals surface area contributed by atoms with Gasteiger partial charge in [0.05, 0.1) is 24.6 Å². The fourth-order valence-electron chi connectivity index (χ4n) is 4.02. The highest BCUT2D eigenvalue weighted by Crippen LogP contribution is 2.25. The van der Waals surface area contributed by atoms with E-state index in [1.165, 1.54) is 44.7 Å². The molecule has 7 heteroatoms. The molecule has 4 heterocycles. The number of nitrogens with one attached hydrogen (secondary N) is 2. The molecule has 2 fully saturated rings. The molecule has 0 amide bonds. The van der Waals surface area contributed by atoms with Crippen molar-refractivity contribution in [3.05, 3.63) is 49.1 Å². The van der Waals surface area contributed by atoms with Gasteiger partial charge in [0.1, 0.15) is 22.8 Å². The number of ether oxygens (including phenoxy) is 1. The standard InChI is InChI=1S/C12H14N2O.C7H6N2O.C5H10O.CH4/c1-2-4-10(3-1)15-11-7-9-5-6-13-12(9)14-8-11;10-6-3-5-1-2-8-7(5)9-4-6;6-5-3-1-2-4-5;/h5-8,10H,1-4H2,(H,13,14);1-4,10H,(H,8,9);5-6H,1-4H2;1H4. The fourth-order valence-corrected chi connectivity index (χ4v) is 4.02. The Morgan fingerprint density at radius 2 is 1.38 bits per heavy atom. The second-order valence-electron chi connectivity index (χ2n) is 8.16. The minimum Gasteiger partial charge on any atom is -0.506 e. The molecule has 2 saturated carbocycles. The van der Waals surface area contributed by atoms with Crippen LogP contribution in [0.1, 0.15) is 58.8 Å². The molecule has 0 atom stereocenters. The topological polar surface area (TPSA) is 107 Å². The van der Waals surface area contributed by atoms with Gasteiger partial charge in [-0.05, 0) is 62.8 Å². The van der Waals surface area contributed by atoms with Crippen LogP contribution in [0.25, 0.3) is 22.1 Å². The molecule has 0 bridgehead atoms. The minimum atomic E-state index is 0. The first-order chi connectivity index (χ1) is 15.2. The van der Waals surface area contributed by atoms with E-state index < -0.39 is 0 Å².